The third-order valence-electron chi connectivity index (χ3n) is 4.24. The number of piperazine rings is 1. The second-order valence-corrected chi connectivity index (χ2v) is 5.68. The molecule has 22 heavy (non-hydrogen) atoms. The smallest absolute Gasteiger partial charge is 0.157 e. The van der Waals surface area contributed by atoms with Crippen molar-refractivity contribution in [3.8, 4) is 11.1 Å². The summed E-state index contributed by atoms with van der Waals surface area (Å²) in [5.41, 5.74) is 4.25. The number of nitrogens with zero attached hydrogens (tertiary/aromatic N) is 5. The van der Waals surface area contributed by atoms with E-state index in [2.05, 4.69) is 43.1 Å². The molecule has 0 bridgehead atoms. The van der Waals surface area contributed by atoms with E-state index in [1.54, 1.807) is 6.20 Å². The molecule has 6 nitrogen and oxygen atoms in total. The zero-order valence-corrected chi connectivity index (χ0v) is 12.5. The van der Waals surface area contributed by atoms with Gasteiger partial charge in [-0.1, -0.05) is 6.07 Å². The summed E-state index contributed by atoms with van der Waals surface area (Å²) in [5, 5.41) is 8.21. The van der Waals surface area contributed by atoms with E-state index in [1.165, 1.54) is 5.69 Å². The van der Waals surface area contributed by atoms with Crippen LogP contribution in [0, 0.1) is 0 Å². The maximum Gasteiger partial charge on any atom is 0.157 e. The number of fused-ring (bicyclic) bond motifs is 1. The van der Waals surface area contributed by atoms with E-state index in [0.717, 1.165) is 48.3 Å². The fraction of sp³-hybridized carbons (Fsp3) is 0.312. The van der Waals surface area contributed by atoms with Gasteiger partial charge in [0, 0.05) is 55.9 Å². The number of likely N-dealkylation sites (N-methyl/N-ethyl adjacent to an activating group) is 1. The summed E-state index contributed by atoms with van der Waals surface area (Å²) in [6.45, 7) is 4.14. The summed E-state index contributed by atoms with van der Waals surface area (Å²) in [6.07, 6.45) is 7.48. The molecule has 1 aliphatic heterocycles. The standard InChI is InChI=1S/C16H18N6/c1-21-5-7-22(8-6-21)15-13(12-3-2-4-17-9-12)10-18-16-14(15)11-19-20-16/h2-4,9-11H,5-8H2,1H3,(H,18,19,20). The van der Waals surface area contributed by atoms with Crippen LogP contribution >= 0.6 is 0 Å². The first kappa shape index (κ1) is 13.2. The largest absolute Gasteiger partial charge is 0.368 e. The number of H-pyrrole nitrogens is 1. The molecule has 1 fully saturated rings. The summed E-state index contributed by atoms with van der Waals surface area (Å²) < 4.78 is 0. The number of anilines is 1. The molecule has 1 aliphatic rings. The first-order valence-corrected chi connectivity index (χ1v) is 7.49. The first-order chi connectivity index (χ1) is 10.8. The summed E-state index contributed by atoms with van der Waals surface area (Å²) >= 11 is 0. The van der Waals surface area contributed by atoms with Gasteiger partial charge >= 0.3 is 0 Å². The van der Waals surface area contributed by atoms with Gasteiger partial charge in [0.2, 0.25) is 0 Å². The van der Waals surface area contributed by atoms with Crippen LogP contribution in [0.25, 0.3) is 22.2 Å². The van der Waals surface area contributed by atoms with E-state index in [4.69, 9.17) is 0 Å². The van der Waals surface area contributed by atoms with E-state index >= 15 is 0 Å². The van der Waals surface area contributed by atoms with Gasteiger partial charge in [-0.15, -0.1) is 0 Å². The van der Waals surface area contributed by atoms with Crippen LogP contribution in [-0.4, -0.2) is 58.3 Å². The average Bonchev–Trinajstić information content (AvgIpc) is 3.04. The Morgan fingerprint density at radius 3 is 2.73 bits per heavy atom. The molecule has 1 saturated heterocycles. The molecule has 0 saturated carbocycles. The zero-order chi connectivity index (χ0) is 14.9. The van der Waals surface area contributed by atoms with Gasteiger partial charge in [0.25, 0.3) is 0 Å². The zero-order valence-electron chi connectivity index (χ0n) is 12.5. The van der Waals surface area contributed by atoms with Crippen LogP contribution in [0.2, 0.25) is 0 Å². The number of nitrogens with one attached hydrogen (secondary N) is 1. The summed E-state index contributed by atoms with van der Waals surface area (Å²) in [7, 11) is 2.17. The molecule has 0 atom stereocenters. The van der Waals surface area contributed by atoms with Gasteiger partial charge in [-0.2, -0.15) is 5.10 Å². The average molecular weight is 294 g/mol. The Bertz CT molecular complexity index is 774. The summed E-state index contributed by atoms with van der Waals surface area (Å²) in [6, 6.07) is 4.04. The van der Waals surface area contributed by atoms with Crippen molar-refractivity contribution in [1.82, 2.24) is 25.1 Å². The molecule has 112 valence electrons. The van der Waals surface area contributed by atoms with E-state index in [1.807, 2.05) is 24.7 Å². The fourth-order valence-electron chi connectivity index (χ4n) is 2.99. The van der Waals surface area contributed by atoms with Crippen LogP contribution in [0.15, 0.2) is 36.9 Å². The Morgan fingerprint density at radius 1 is 1.09 bits per heavy atom. The van der Waals surface area contributed by atoms with Crippen molar-refractivity contribution >= 4 is 16.7 Å². The minimum absolute atomic E-state index is 0.835. The van der Waals surface area contributed by atoms with Gasteiger partial charge in [0.1, 0.15) is 0 Å². The molecule has 0 amide bonds. The number of aromatic nitrogens is 4. The van der Waals surface area contributed by atoms with Gasteiger partial charge in [0.05, 0.1) is 17.3 Å². The molecule has 0 radical (unpaired) electrons. The topological polar surface area (TPSA) is 60.9 Å². The van der Waals surface area contributed by atoms with Crippen LogP contribution < -0.4 is 4.90 Å². The molecule has 4 rings (SSSR count). The Morgan fingerprint density at radius 2 is 1.95 bits per heavy atom. The highest BCUT2D eigenvalue weighted by Gasteiger charge is 2.21. The van der Waals surface area contributed by atoms with Crippen molar-refractivity contribution < 1.29 is 0 Å². The van der Waals surface area contributed by atoms with Crippen LogP contribution in [0.4, 0.5) is 5.69 Å². The van der Waals surface area contributed by atoms with Crippen LogP contribution in [0.1, 0.15) is 0 Å². The van der Waals surface area contributed by atoms with Gasteiger partial charge in [0.15, 0.2) is 5.65 Å². The van der Waals surface area contributed by atoms with Crippen molar-refractivity contribution in [3.05, 3.63) is 36.9 Å². The normalized spacial score (nSPS) is 16.3. The van der Waals surface area contributed by atoms with Crippen LogP contribution in [-0.2, 0) is 0 Å². The lowest BCUT2D eigenvalue weighted by Crippen LogP contribution is -2.44. The molecular formula is C16H18N6. The maximum absolute atomic E-state index is 4.51. The van der Waals surface area contributed by atoms with E-state index in [0.29, 0.717) is 0 Å². The highest BCUT2D eigenvalue weighted by Crippen LogP contribution is 2.35. The van der Waals surface area contributed by atoms with Crippen molar-refractivity contribution in [2.75, 3.05) is 38.1 Å². The maximum atomic E-state index is 4.51. The molecule has 3 aromatic rings. The number of pyridine rings is 2. The number of hydrogen-bond donors (Lipinski definition) is 1. The minimum atomic E-state index is 0.835. The predicted molar refractivity (Wildman–Crippen MR) is 86.8 cm³/mol. The molecule has 3 aromatic heterocycles. The molecule has 0 aromatic carbocycles. The van der Waals surface area contributed by atoms with Crippen molar-refractivity contribution in [3.63, 3.8) is 0 Å². The molecule has 0 aliphatic carbocycles. The number of aromatic amines is 1. The highest BCUT2D eigenvalue weighted by molar-refractivity contribution is 5.98. The minimum Gasteiger partial charge on any atom is -0.368 e. The molecule has 4 heterocycles. The monoisotopic (exact) mass is 294 g/mol. The van der Waals surface area contributed by atoms with Gasteiger partial charge in [-0.05, 0) is 13.1 Å². The molecular weight excluding hydrogens is 276 g/mol. The lowest BCUT2D eigenvalue weighted by Gasteiger charge is -2.35. The number of hydrogen-bond acceptors (Lipinski definition) is 5. The Hall–Kier alpha value is -2.47. The molecule has 0 spiro atoms. The van der Waals surface area contributed by atoms with Gasteiger partial charge in [-0.25, -0.2) is 4.98 Å². The Kier molecular flexibility index (Phi) is 3.23. The fourth-order valence-corrected chi connectivity index (χ4v) is 2.99. The first-order valence-electron chi connectivity index (χ1n) is 7.49. The van der Waals surface area contributed by atoms with E-state index in [-0.39, 0.29) is 0 Å². The predicted octanol–water partition coefficient (Wildman–Crippen LogP) is 1.77. The summed E-state index contributed by atoms with van der Waals surface area (Å²) in [5.74, 6) is 0. The Balaban J connectivity index is 1.88. The second kappa shape index (κ2) is 5.38. The quantitative estimate of drug-likeness (QED) is 0.780. The van der Waals surface area contributed by atoms with E-state index < -0.39 is 0 Å². The van der Waals surface area contributed by atoms with Gasteiger partial charge in [-0.3, -0.25) is 10.1 Å². The highest BCUT2D eigenvalue weighted by atomic mass is 15.3. The SMILES string of the molecule is CN1CCN(c2c(-c3cccnc3)cnc3[nH]ncc23)CC1. The summed E-state index contributed by atoms with van der Waals surface area (Å²) in [4.78, 5) is 13.5. The van der Waals surface area contributed by atoms with Crippen molar-refractivity contribution in [2.24, 2.45) is 0 Å². The van der Waals surface area contributed by atoms with Gasteiger partial charge < -0.3 is 9.80 Å². The third kappa shape index (κ3) is 2.21. The lowest BCUT2D eigenvalue weighted by atomic mass is 10.0. The Labute approximate surface area is 128 Å². The second-order valence-electron chi connectivity index (χ2n) is 5.68. The van der Waals surface area contributed by atoms with Crippen molar-refractivity contribution in [1.29, 1.82) is 0 Å². The third-order valence-corrected chi connectivity index (χ3v) is 4.24. The van der Waals surface area contributed by atoms with Crippen molar-refractivity contribution in [2.45, 2.75) is 0 Å². The molecule has 1 N–H and O–H groups in total. The number of rotatable bonds is 2. The molecule has 6 heteroatoms. The van der Waals surface area contributed by atoms with E-state index in [9.17, 15) is 0 Å². The van der Waals surface area contributed by atoms with Crippen LogP contribution in [0.3, 0.4) is 0 Å². The lowest BCUT2D eigenvalue weighted by molar-refractivity contribution is 0.313. The molecule has 0 unspecified atom stereocenters. The van der Waals surface area contributed by atoms with Crippen LogP contribution in [0.5, 0.6) is 0 Å².